The first kappa shape index (κ1) is 24.3. The fourth-order valence-corrected chi connectivity index (χ4v) is 5.63. The molecular weight excluding hydrogens is 482 g/mol. The molecule has 2 aliphatic heterocycles. The van der Waals surface area contributed by atoms with Crippen LogP contribution in [0.25, 0.3) is 0 Å². The molecule has 1 unspecified atom stereocenters. The average Bonchev–Trinajstić information content (AvgIpc) is 2.91. The van der Waals surface area contributed by atoms with Crippen molar-refractivity contribution in [3.8, 4) is 5.75 Å². The van der Waals surface area contributed by atoms with Gasteiger partial charge in [0.2, 0.25) is 5.82 Å². The molecular formula is C16H18B3F2N2O8PS. The molecule has 10 nitrogen and oxygen atoms in total. The van der Waals surface area contributed by atoms with Crippen molar-refractivity contribution in [2.24, 2.45) is 0 Å². The predicted molar refractivity (Wildman–Crippen MR) is 120 cm³/mol. The number of rotatable bonds is 4. The molecule has 3 heterocycles. The third-order valence-electron chi connectivity index (χ3n) is 5.68. The number of nitrogens with one attached hydrogen (secondary N) is 1. The maximum absolute atomic E-state index is 16.2. The van der Waals surface area contributed by atoms with E-state index >= 15 is 4.39 Å². The summed E-state index contributed by atoms with van der Waals surface area (Å²) in [5, 5.41) is 19.1. The van der Waals surface area contributed by atoms with Gasteiger partial charge in [0.25, 0.3) is 11.4 Å². The molecule has 2 aromatic rings. The molecule has 0 spiro atoms. The molecule has 0 aliphatic carbocycles. The Kier molecular flexibility index (Phi) is 5.81. The molecule has 0 saturated carbocycles. The van der Waals surface area contributed by atoms with Gasteiger partial charge < -0.3 is 19.5 Å². The SMILES string of the molecule is BC(B)(OP1(=O)OCc2ccccc2O1)[C@@]1(F)O[C@@](B)(n2cc(F)c(=O)[nH]c2=S)[C@H](O)[C@@H]1O. The molecule has 0 radical (unpaired) electrons. The van der Waals surface area contributed by atoms with Crippen LogP contribution in [0.1, 0.15) is 5.56 Å². The van der Waals surface area contributed by atoms with E-state index in [4.69, 9.17) is 30.5 Å². The summed E-state index contributed by atoms with van der Waals surface area (Å²) in [6.07, 6.45) is -3.68. The van der Waals surface area contributed by atoms with Crippen LogP contribution in [0.15, 0.2) is 35.3 Å². The third kappa shape index (κ3) is 3.83. The minimum atomic E-state index is -4.39. The summed E-state index contributed by atoms with van der Waals surface area (Å²) in [6, 6.07) is 6.56. The van der Waals surface area contributed by atoms with Crippen LogP contribution >= 0.6 is 20.0 Å². The van der Waals surface area contributed by atoms with Gasteiger partial charge in [0.05, 0.1) is 18.2 Å². The molecule has 1 fully saturated rings. The number of aliphatic hydroxyl groups excluding tert-OH is 2. The number of alkyl halides is 1. The number of hydrogen-bond donors (Lipinski definition) is 3. The number of fused-ring (bicyclic) bond motifs is 1. The monoisotopic (exact) mass is 500 g/mol. The molecule has 5 atom stereocenters. The second kappa shape index (κ2) is 7.87. The molecule has 1 aromatic carbocycles. The van der Waals surface area contributed by atoms with Crippen LogP contribution in [0.5, 0.6) is 5.75 Å². The minimum absolute atomic E-state index is 0.140. The van der Waals surface area contributed by atoms with Gasteiger partial charge in [0, 0.05) is 5.56 Å². The maximum atomic E-state index is 16.2. The number of aliphatic hydroxyl groups is 2. The predicted octanol–water partition coefficient (Wildman–Crippen LogP) is -1.64. The first-order chi connectivity index (χ1) is 15.2. The van der Waals surface area contributed by atoms with E-state index in [2.05, 4.69) is 0 Å². The number of aromatic nitrogens is 2. The Balaban J connectivity index is 1.68. The fourth-order valence-electron chi connectivity index (χ4n) is 3.76. The summed E-state index contributed by atoms with van der Waals surface area (Å²) < 4.78 is 65.0. The number of halogens is 2. The number of nitrogens with zero attached hydrogens (tertiary/aromatic N) is 1. The molecule has 4 rings (SSSR count). The van der Waals surface area contributed by atoms with E-state index in [1.807, 2.05) is 4.98 Å². The second-order valence-electron chi connectivity index (χ2n) is 8.32. The number of phosphoric acid groups is 1. The maximum Gasteiger partial charge on any atom is 0.529 e. The standard InChI is InChI=1S/C16H18B3F2N2O8PS/c17-15(23-5-8(20)12(26)22-13(23)33)11(25)10(24)14(21,30-15)16(18,19)31-32(27)28-6-7-3-1-2-4-9(7)29-32/h1-5,10-11,24-25H,6,17-19H2,(H,22,26,33)/t10-,11+,14-,15-,32?/m0/s1. The summed E-state index contributed by atoms with van der Waals surface area (Å²) in [5.41, 5.74) is -2.73. The number of phosphoric ester groups is 1. The van der Waals surface area contributed by atoms with Gasteiger partial charge in [-0.3, -0.25) is 23.4 Å². The van der Waals surface area contributed by atoms with Crippen LogP contribution in [-0.2, 0) is 30.6 Å². The lowest BCUT2D eigenvalue weighted by atomic mass is 9.59. The number of hydrogen-bond acceptors (Lipinski definition) is 9. The highest BCUT2D eigenvalue weighted by molar-refractivity contribution is 7.71. The van der Waals surface area contributed by atoms with Crippen molar-refractivity contribution in [3.05, 3.63) is 57.0 Å². The number of benzene rings is 1. The molecule has 2 aliphatic rings. The largest absolute Gasteiger partial charge is 0.529 e. The Hall–Kier alpha value is -1.80. The summed E-state index contributed by atoms with van der Waals surface area (Å²) in [7, 11) is -1.06. The highest BCUT2D eigenvalue weighted by Gasteiger charge is 2.69. The minimum Gasteiger partial charge on any atom is -0.404 e. The Morgan fingerprint density at radius 2 is 2.00 bits per heavy atom. The summed E-state index contributed by atoms with van der Waals surface area (Å²) >= 11 is 4.98. The van der Waals surface area contributed by atoms with Crippen LogP contribution in [0.2, 0.25) is 0 Å². The van der Waals surface area contributed by atoms with Crippen LogP contribution in [0.3, 0.4) is 0 Å². The molecule has 1 saturated heterocycles. The zero-order valence-corrected chi connectivity index (χ0v) is 19.4. The van der Waals surface area contributed by atoms with E-state index in [0.717, 1.165) is 28.1 Å². The van der Waals surface area contributed by atoms with Gasteiger partial charge in [-0.2, -0.15) is 4.39 Å². The Bertz CT molecular complexity index is 1280. The summed E-state index contributed by atoms with van der Waals surface area (Å²) in [5.74, 6) is -4.29. The summed E-state index contributed by atoms with van der Waals surface area (Å²) in [4.78, 5) is 13.5. The van der Waals surface area contributed by atoms with Crippen molar-refractivity contribution in [2.45, 2.75) is 35.7 Å². The van der Waals surface area contributed by atoms with E-state index in [9.17, 15) is 24.0 Å². The smallest absolute Gasteiger partial charge is 0.404 e. The van der Waals surface area contributed by atoms with Crippen molar-refractivity contribution < 1.29 is 41.9 Å². The zero-order valence-electron chi connectivity index (χ0n) is 17.7. The zero-order chi connectivity index (χ0) is 24.4. The first-order valence-electron chi connectivity index (χ1n) is 9.72. The Labute approximate surface area is 193 Å². The van der Waals surface area contributed by atoms with Crippen molar-refractivity contribution in [1.82, 2.24) is 9.55 Å². The van der Waals surface area contributed by atoms with E-state index < -0.39 is 53.1 Å². The van der Waals surface area contributed by atoms with Gasteiger partial charge in [0.15, 0.2) is 12.6 Å². The van der Waals surface area contributed by atoms with E-state index in [1.165, 1.54) is 6.07 Å². The van der Waals surface area contributed by atoms with E-state index in [0.29, 0.717) is 11.8 Å². The Morgan fingerprint density at radius 3 is 2.70 bits per heavy atom. The molecule has 1 aromatic heterocycles. The van der Waals surface area contributed by atoms with Gasteiger partial charge in [-0.25, -0.2) is 8.96 Å². The van der Waals surface area contributed by atoms with Crippen LogP contribution in [-0.4, -0.2) is 66.8 Å². The van der Waals surface area contributed by atoms with Crippen LogP contribution in [0, 0.1) is 10.6 Å². The molecule has 0 amide bonds. The van der Waals surface area contributed by atoms with E-state index in [-0.39, 0.29) is 12.4 Å². The van der Waals surface area contributed by atoms with Crippen molar-refractivity contribution in [2.75, 3.05) is 0 Å². The highest BCUT2D eigenvalue weighted by atomic mass is 32.1. The fraction of sp³-hybridized carbons (Fsp3) is 0.375. The number of para-hydroxylation sites is 1. The lowest BCUT2D eigenvalue weighted by Crippen LogP contribution is -2.60. The molecule has 33 heavy (non-hydrogen) atoms. The Morgan fingerprint density at radius 1 is 1.33 bits per heavy atom. The van der Waals surface area contributed by atoms with Crippen LogP contribution in [0.4, 0.5) is 8.78 Å². The van der Waals surface area contributed by atoms with Crippen molar-refractivity contribution in [3.63, 3.8) is 0 Å². The summed E-state index contributed by atoms with van der Waals surface area (Å²) in [6.45, 7) is -0.140. The number of aromatic amines is 1. The normalized spacial score (nSPS) is 33.9. The lowest BCUT2D eigenvalue weighted by Gasteiger charge is -2.41. The third-order valence-corrected chi connectivity index (χ3v) is 7.53. The van der Waals surface area contributed by atoms with Crippen molar-refractivity contribution in [1.29, 1.82) is 0 Å². The number of ether oxygens (including phenoxy) is 1. The molecule has 174 valence electrons. The topological polar surface area (TPSA) is 132 Å². The van der Waals surface area contributed by atoms with Crippen molar-refractivity contribution >= 4 is 43.6 Å². The quantitative estimate of drug-likeness (QED) is 0.257. The van der Waals surface area contributed by atoms with Gasteiger partial charge in [-0.1, -0.05) is 18.2 Å². The van der Waals surface area contributed by atoms with Gasteiger partial charge >= 0.3 is 7.82 Å². The molecule has 17 heteroatoms. The van der Waals surface area contributed by atoms with Gasteiger partial charge in [-0.15, -0.1) is 0 Å². The molecule has 3 N–H and O–H groups in total. The highest BCUT2D eigenvalue weighted by Crippen LogP contribution is 2.59. The second-order valence-corrected chi connectivity index (χ2v) is 10.2. The first-order valence-corrected chi connectivity index (χ1v) is 11.6. The van der Waals surface area contributed by atoms with Gasteiger partial charge in [0.1, 0.15) is 39.3 Å². The lowest BCUT2D eigenvalue weighted by molar-refractivity contribution is -0.240. The number of H-pyrrole nitrogens is 1. The van der Waals surface area contributed by atoms with Crippen LogP contribution < -0.4 is 10.1 Å². The van der Waals surface area contributed by atoms with Gasteiger partial charge in [-0.05, 0) is 18.3 Å². The van der Waals surface area contributed by atoms with E-state index in [1.54, 1.807) is 18.2 Å². The molecule has 0 bridgehead atoms. The average molecular weight is 500 g/mol.